The first kappa shape index (κ1) is 26.3. The molecule has 25 heavy (non-hydrogen) atoms. The summed E-state index contributed by atoms with van der Waals surface area (Å²) in [4.78, 5) is 25.9. The zero-order chi connectivity index (χ0) is 19.9. The van der Waals surface area contributed by atoms with Gasteiger partial charge in [-0.25, -0.2) is 0 Å². The molecule has 0 bridgehead atoms. The minimum atomic E-state index is -0.582. The molecule has 1 heterocycles. The molecule has 4 heteroatoms. The summed E-state index contributed by atoms with van der Waals surface area (Å²) >= 11 is 0. The van der Waals surface area contributed by atoms with Gasteiger partial charge in [-0.3, -0.25) is 4.79 Å². The highest BCUT2D eigenvalue weighted by Crippen LogP contribution is 2.32. The summed E-state index contributed by atoms with van der Waals surface area (Å²) in [6, 6.07) is -0.113. The molecule has 0 spiro atoms. The molecule has 2 aliphatic rings. The molecule has 1 amide bonds. The van der Waals surface area contributed by atoms with Crippen LogP contribution in [0.4, 0.5) is 0 Å². The van der Waals surface area contributed by atoms with Gasteiger partial charge in [-0.2, -0.15) is 0 Å². The molecular weight excluding hydrogens is 312 g/mol. The van der Waals surface area contributed by atoms with Gasteiger partial charge in [0.05, 0.1) is 11.6 Å². The number of carbonyl (C=O) groups is 2. The van der Waals surface area contributed by atoms with E-state index in [0.717, 1.165) is 38.5 Å². The van der Waals surface area contributed by atoms with Crippen LogP contribution in [0, 0.1) is 5.92 Å². The maximum absolute atomic E-state index is 12.8. The van der Waals surface area contributed by atoms with E-state index in [9.17, 15) is 9.59 Å². The molecule has 2 atom stereocenters. The van der Waals surface area contributed by atoms with Gasteiger partial charge in [0.25, 0.3) is 0 Å². The number of likely N-dealkylation sites (tertiary alicyclic amines) is 1. The van der Waals surface area contributed by atoms with Crippen molar-refractivity contribution in [2.24, 2.45) is 5.92 Å². The van der Waals surface area contributed by atoms with Crippen molar-refractivity contribution in [2.75, 3.05) is 13.6 Å². The number of hydrogen-bond donors (Lipinski definition) is 1. The average Bonchev–Trinajstić information content (AvgIpc) is 3.10. The third-order valence-corrected chi connectivity index (χ3v) is 4.90. The number of nitrogens with one attached hydrogen (secondary N) is 1. The topological polar surface area (TPSA) is 49.4 Å². The predicted molar refractivity (Wildman–Crippen MR) is 109 cm³/mol. The SMILES string of the molecule is CC.CC.CC.CNC(C(=O)N1CCCC1(C)C=O)C1CCCCC1. The summed E-state index contributed by atoms with van der Waals surface area (Å²) in [5.41, 5.74) is -0.582. The van der Waals surface area contributed by atoms with Gasteiger partial charge in [0.2, 0.25) is 5.91 Å². The highest BCUT2D eigenvalue weighted by atomic mass is 16.2. The lowest BCUT2D eigenvalue weighted by Crippen LogP contribution is -2.55. The fourth-order valence-corrected chi connectivity index (χ4v) is 3.67. The molecule has 4 nitrogen and oxygen atoms in total. The van der Waals surface area contributed by atoms with Gasteiger partial charge in [0, 0.05) is 6.54 Å². The predicted octanol–water partition coefficient (Wildman–Crippen LogP) is 4.81. The van der Waals surface area contributed by atoms with Gasteiger partial charge < -0.3 is 15.0 Å². The van der Waals surface area contributed by atoms with E-state index in [1.54, 1.807) is 4.90 Å². The minimum Gasteiger partial charge on any atom is -0.329 e. The number of hydrogen-bond acceptors (Lipinski definition) is 3. The Bertz CT molecular complexity index is 341. The number of rotatable bonds is 4. The van der Waals surface area contributed by atoms with E-state index in [1.807, 2.05) is 55.5 Å². The van der Waals surface area contributed by atoms with Gasteiger partial charge >= 0.3 is 0 Å². The number of nitrogens with zero attached hydrogens (tertiary/aromatic N) is 1. The molecule has 0 aromatic heterocycles. The standard InChI is InChI=1S/C15H26N2O2.3C2H6/c1-15(11-18)9-6-10-17(15)14(19)13(16-2)12-7-4-3-5-8-12;3*1-2/h11-13,16H,3-10H2,1-2H3;3*1-2H3. The molecule has 1 N–H and O–H groups in total. The fraction of sp³-hybridized carbons (Fsp3) is 0.905. The smallest absolute Gasteiger partial charge is 0.240 e. The van der Waals surface area contributed by atoms with Crippen LogP contribution in [0.5, 0.6) is 0 Å². The summed E-state index contributed by atoms with van der Waals surface area (Å²) in [6.45, 7) is 14.6. The first-order valence-corrected chi connectivity index (χ1v) is 10.6. The van der Waals surface area contributed by atoms with E-state index >= 15 is 0 Å². The molecule has 1 saturated carbocycles. The van der Waals surface area contributed by atoms with Crippen LogP contribution in [0.1, 0.15) is 93.4 Å². The van der Waals surface area contributed by atoms with Crippen LogP contribution in [0.2, 0.25) is 0 Å². The van der Waals surface area contributed by atoms with Crippen molar-refractivity contribution >= 4 is 12.2 Å². The summed E-state index contributed by atoms with van der Waals surface area (Å²) in [6.07, 6.45) is 8.67. The Morgan fingerprint density at radius 3 is 2.00 bits per heavy atom. The zero-order valence-corrected chi connectivity index (χ0v) is 18.2. The molecule has 2 unspecified atom stereocenters. The highest BCUT2D eigenvalue weighted by molar-refractivity contribution is 5.86. The van der Waals surface area contributed by atoms with Crippen molar-refractivity contribution in [3.05, 3.63) is 0 Å². The van der Waals surface area contributed by atoms with Crippen molar-refractivity contribution in [3.63, 3.8) is 0 Å². The summed E-state index contributed by atoms with van der Waals surface area (Å²) in [5.74, 6) is 0.559. The Hall–Kier alpha value is -0.900. The second kappa shape index (κ2) is 15.4. The lowest BCUT2D eigenvalue weighted by molar-refractivity contribution is -0.141. The molecule has 1 aliphatic carbocycles. The van der Waals surface area contributed by atoms with E-state index in [1.165, 1.54) is 19.3 Å². The van der Waals surface area contributed by atoms with Crippen LogP contribution in [-0.4, -0.2) is 42.3 Å². The van der Waals surface area contributed by atoms with Crippen molar-refractivity contribution < 1.29 is 9.59 Å². The third-order valence-electron chi connectivity index (χ3n) is 4.90. The second-order valence-corrected chi connectivity index (χ2v) is 6.23. The van der Waals surface area contributed by atoms with Crippen LogP contribution in [0.25, 0.3) is 0 Å². The molecule has 150 valence electrons. The first-order chi connectivity index (χ1) is 12.1. The Labute approximate surface area is 157 Å². The van der Waals surface area contributed by atoms with Crippen LogP contribution >= 0.6 is 0 Å². The molecule has 1 aliphatic heterocycles. The van der Waals surface area contributed by atoms with Crippen molar-refractivity contribution in [1.29, 1.82) is 0 Å². The summed E-state index contributed by atoms with van der Waals surface area (Å²) < 4.78 is 0. The number of likely N-dealkylation sites (N-methyl/N-ethyl adjacent to an activating group) is 1. The molecule has 2 rings (SSSR count). The maximum atomic E-state index is 12.8. The Balaban J connectivity index is 0. The molecule has 0 aromatic rings. The van der Waals surface area contributed by atoms with E-state index in [2.05, 4.69) is 5.32 Å². The molecule has 1 saturated heterocycles. The van der Waals surface area contributed by atoms with Crippen LogP contribution in [0.3, 0.4) is 0 Å². The summed E-state index contributed by atoms with van der Waals surface area (Å²) in [5, 5.41) is 3.20. The van der Waals surface area contributed by atoms with Gasteiger partial charge in [0.1, 0.15) is 6.29 Å². The Morgan fingerprint density at radius 2 is 1.56 bits per heavy atom. The van der Waals surface area contributed by atoms with Crippen molar-refractivity contribution in [2.45, 2.75) is 105 Å². The lowest BCUT2D eigenvalue weighted by Gasteiger charge is -2.37. The van der Waals surface area contributed by atoms with Gasteiger partial charge in [0.15, 0.2) is 0 Å². The molecule has 0 radical (unpaired) electrons. The lowest BCUT2D eigenvalue weighted by atomic mass is 9.83. The quantitative estimate of drug-likeness (QED) is 0.735. The monoisotopic (exact) mass is 356 g/mol. The van der Waals surface area contributed by atoms with E-state index in [0.29, 0.717) is 5.92 Å². The fourth-order valence-electron chi connectivity index (χ4n) is 3.67. The number of carbonyl (C=O) groups excluding carboxylic acids is 2. The zero-order valence-electron chi connectivity index (χ0n) is 18.2. The first-order valence-electron chi connectivity index (χ1n) is 10.6. The Morgan fingerprint density at radius 1 is 1.04 bits per heavy atom. The molecular formula is C21H44N2O2. The van der Waals surface area contributed by atoms with Crippen LogP contribution in [-0.2, 0) is 9.59 Å². The van der Waals surface area contributed by atoms with E-state index in [-0.39, 0.29) is 11.9 Å². The van der Waals surface area contributed by atoms with Crippen LogP contribution in [0.15, 0.2) is 0 Å². The van der Waals surface area contributed by atoms with Crippen molar-refractivity contribution in [3.8, 4) is 0 Å². The van der Waals surface area contributed by atoms with E-state index < -0.39 is 5.54 Å². The maximum Gasteiger partial charge on any atom is 0.240 e. The molecule has 2 fully saturated rings. The third kappa shape index (κ3) is 7.47. The number of aldehydes is 1. The Kier molecular flexibility index (Phi) is 16.2. The largest absolute Gasteiger partial charge is 0.329 e. The van der Waals surface area contributed by atoms with Gasteiger partial charge in [-0.15, -0.1) is 0 Å². The van der Waals surface area contributed by atoms with Crippen LogP contribution < -0.4 is 5.32 Å². The second-order valence-electron chi connectivity index (χ2n) is 6.23. The normalized spacial score (nSPS) is 23.8. The average molecular weight is 357 g/mol. The minimum absolute atomic E-state index is 0.113. The van der Waals surface area contributed by atoms with E-state index in [4.69, 9.17) is 0 Å². The van der Waals surface area contributed by atoms with Crippen molar-refractivity contribution in [1.82, 2.24) is 10.2 Å². The highest BCUT2D eigenvalue weighted by Gasteiger charge is 2.43. The van der Waals surface area contributed by atoms with Gasteiger partial charge in [-0.05, 0) is 45.6 Å². The number of amides is 1. The van der Waals surface area contributed by atoms with Gasteiger partial charge in [-0.1, -0.05) is 60.8 Å². The molecule has 0 aromatic carbocycles. The summed E-state index contributed by atoms with van der Waals surface area (Å²) in [7, 11) is 1.87.